The van der Waals surface area contributed by atoms with Crippen molar-refractivity contribution in [3.8, 4) is 0 Å². The average Bonchev–Trinajstić information content (AvgIpc) is 2.75. The lowest BCUT2D eigenvalue weighted by Gasteiger charge is -2.11. The van der Waals surface area contributed by atoms with Gasteiger partial charge in [-0.2, -0.15) is 0 Å². The molecule has 1 saturated heterocycles. The summed E-state index contributed by atoms with van der Waals surface area (Å²) in [5.74, 6) is -1.03. The molecule has 122 valence electrons. The van der Waals surface area contributed by atoms with Gasteiger partial charge in [-0.3, -0.25) is 19.3 Å². The summed E-state index contributed by atoms with van der Waals surface area (Å²) in [7, 11) is 0. The summed E-state index contributed by atoms with van der Waals surface area (Å²) < 4.78 is 5.87. The van der Waals surface area contributed by atoms with E-state index in [1.807, 2.05) is 31.2 Å². The van der Waals surface area contributed by atoms with E-state index in [0.29, 0.717) is 11.5 Å². The van der Waals surface area contributed by atoms with Gasteiger partial charge in [0.15, 0.2) is 0 Å². The number of carbonyl (C=O) groups excluding carboxylic acids is 3. The minimum absolute atomic E-state index is 0.300. The third-order valence-corrected chi connectivity index (χ3v) is 4.47. The van der Waals surface area contributed by atoms with Crippen LogP contribution >= 0.6 is 27.7 Å². The molecule has 0 saturated carbocycles. The summed E-state index contributed by atoms with van der Waals surface area (Å²) in [6.07, 6.45) is 3.30. The van der Waals surface area contributed by atoms with Gasteiger partial charge in [-0.05, 0) is 42.0 Å². The molecule has 1 aliphatic heterocycles. The quantitative estimate of drug-likeness (QED) is 0.414. The maximum Gasteiger partial charge on any atom is 0.326 e. The molecule has 5 nitrogen and oxygen atoms in total. The SMILES string of the molecule is CCCCOC(=O)CN1C(=O)S/C(=C/c2cccc(Br)c2)C1=O. The van der Waals surface area contributed by atoms with Crippen molar-refractivity contribution in [2.75, 3.05) is 13.2 Å². The minimum atomic E-state index is -0.565. The molecule has 0 radical (unpaired) electrons. The highest BCUT2D eigenvalue weighted by molar-refractivity contribution is 9.10. The molecule has 0 N–H and O–H groups in total. The maximum atomic E-state index is 12.3. The van der Waals surface area contributed by atoms with E-state index in [-0.39, 0.29) is 6.54 Å². The Morgan fingerprint density at radius 2 is 2.17 bits per heavy atom. The van der Waals surface area contributed by atoms with Crippen LogP contribution in [0.2, 0.25) is 0 Å². The molecule has 0 spiro atoms. The predicted molar refractivity (Wildman–Crippen MR) is 92.7 cm³/mol. The first-order valence-electron chi connectivity index (χ1n) is 7.18. The number of amides is 2. The van der Waals surface area contributed by atoms with Crippen LogP contribution in [0, 0.1) is 0 Å². The van der Waals surface area contributed by atoms with Crippen molar-refractivity contribution < 1.29 is 19.1 Å². The molecule has 0 aromatic heterocycles. The Labute approximate surface area is 147 Å². The van der Waals surface area contributed by atoms with E-state index in [1.54, 1.807) is 6.08 Å². The fraction of sp³-hybridized carbons (Fsp3) is 0.312. The number of hydrogen-bond donors (Lipinski definition) is 0. The number of hydrogen-bond acceptors (Lipinski definition) is 5. The number of thioether (sulfide) groups is 1. The van der Waals surface area contributed by atoms with Gasteiger partial charge in [-0.15, -0.1) is 0 Å². The zero-order chi connectivity index (χ0) is 16.8. The monoisotopic (exact) mass is 397 g/mol. The van der Waals surface area contributed by atoms with Gasteiger partial charge in [0.2, 0.25) is 0 Å². The van der Waals surface area contributed by atoms with Crippen LogP contribution in [0.1, 0.15) is 25.3 Å². The molecule has 7 heteroatoms. The largest absolute Gasteiger partial charge is 0.464 e. The number of imide groups is 1. The Morgan fingerprint density at radius 3 is 2.87 bits per heavy atom. The van der Waals surface area contributed by atoms with E-state index >= 15 is 0 Å². The average molecular weight is 398 g/mol. The zero-order valence-corrected chi connectivity index (χ0v) is 15.0. The number of halogens is 1. The van der Waals surface area contributed by atoms with Crippen LogP contribution in [-0.4, -0.2) is 35.2 Å². The molecule has 1 fully saturated rings. The number of esters is 1. The van der Waals surface area contributed by atoms with E-state index < -0.39 is 17.1 Å². The lowest BCUT2D eigenvalue weighted by atomic mass is 10.2. The number of carbonyl (C=O) groups is 3. The van der Waals surface area contributed by atoms with Crippen LogP contribution in [-0.2, 0) is 14.3 Å². The Bertz CT molecular complexity index is 659. The standard InChI is InChI=1S/C16H16BrNO4S/c1-2-3-7-22-14(19)10-18-15(20)13(23-16(18)21)9-11-5-4-6-12(17)8-11/h4-6,8-9H,2-3,7,10H2,1H3/b13-9+. The molecular formula is C16H16BrNO4S. The summed E-state index contributed by atoms with van der Waals surface area (Å²) in [5.41, 5.74) is 0.801. The van der Waals surface area contributed by atoms with Crippen LogP contribution < -0.4 is 0 Å². The molecule has 0 aliphatic carbocycles. The van der Waals surface area contributed by atoms with E-state index in [9.17, 15) is 14.4 Å². The van der Waals surface area contributed by atoms with Crippen LogP contribution in [0.3, 0.4) is 0 Å². The molecular weight excluding hydrogens is 382 g/mol. The van der Waals surface area contributed by atoms with Crippen LogP contribution in [0.15, 0.2) is 33.6 Å². The highest BCUT2D eigenvalue weighted by Crippen LogP contribution is 2.32. The fourth-order valence-corrected chi connectivity index (χ4v) is 3.14. The molecule has 2 amide bonds. The summed E-state index contributed by atoms with van der Waals surface area (Å²) in [4.78, 5) is 37.1. The van der Waals surface area contributed by atoms with E-state index in [0.717, 1.165) is 39.5 Å². The number of benzene rings is 1. The van der Waals surface area contributed by atoms with Crippen molar-refractivity contribution in [3.05, 3.63) is 39.2 Å². The van der Waals surface area contributed by atoms with Crippen molar-refractivity contribution in [2.24, 2.45) is 0 Å². The van der Waals surface area contributed by atoms with Crippen molar-refractivity contribution in [2.45, 2.75) is 19.8 Å². The molecule has 2 rings (SSSR count). The third kappa shape index (κ3) is 4.94. The zero-order valence-electron chi connectivity index (χ0n) is 12.6. The Balaban J connectivity index is 2.03. The van der Waals surface area contributed by atoms with E-state index in [4.69, 9.17) is 4.74 Å². The molecule has 0 atom stereocenters. The van der Waals surface area contributed by atoms with Gasteiger partial charge < -0.3 is 4.74 Å². The number of ether oxygens (including phenoxy) is 1. The van der Waals surface area contributed by atoms with Gasteiger partial charge in [-0.1, -0.05) is 41.4 Å². The van der Waals surface area contributed by atoms with Gasteiger partial charge in [0.05, 0.1) is 11.5 Å². The van der Waals surface area contributed by atoms with Gasteiger partial charge in [-0.25, -0.2) is 0 Å². The summed E-state index contributed by atoms with van der Waals surface area (Å²) in [5, 5.41) is -0.455. The predicted octanol–water partition coefficient (Wildman–Crippen LogP) is 3.83. The summed E-state index contributed by atoms with van der Waals surface area (Å²) in [6.45, 7) is 1.95. The fourth-order valence-electron chi connectivity index (χ4n) is 1.89. The Hall–Kier alpha value is -1.60. The van der Waals surface area contributed by atoms with Gasteiger partial charge in [0, 0.05) is 4.47 Å². The van der Waals surface area contributed by atoms with Crippen molar-refractivity contribution >= 4 is 50.9 Å². The number of nitrogens with zero attached hydrogens (tertiary/aromatic N) is 1. The van der Waals surface area contributed by atoms with Gasteiger partial charge >= 0.3 is 5.97 Å². The summed E-state index contributed by atoms with van der Waals surface area (Å²) >= 11 is 4.18. The van der Waals surface area contributed by atoms with Crippen molar-refractivity contribution in [1.82, 2.24) is 4.90 Å². The Kier molecular flexibility index (Phi) is 6.41. The number of unbranched alkanes of at least 4 members (excludes halogenated alkanes) is 1. The number of rotatable bonds is 6. The second-order valence-corrected chi connectivity index (χ2v) is 6.81. The normalized spacial score (nSPS) is 16.3. The highest BCUT2D eigenvalue weighted by Gasteiger charge is 2.36. The maximum absolute atomic E-state index is 12.3. The van der Waals surface area contributed by atoms with E-state index in [1.165, 1.54) is 0 Å². The smallest absolute Gasteiger partial charge is 0.326 e. The second kappa shape index (κ2) is 8.31. The molecule has 1 heterocycles. The van der Waals surface area contributed by atoms with Gasteiger partial charge in [0.1, 0.15) is 6.54 Å². The van der Waals surface area contributed by atoms with Crippen LogP contribution in [0.4, 0.5) is 4.79 Å². The lowest BCUT2D eigenvalue weighted by Crippen LogP contribution is -2.34. The lowest BCUT2D eigenvalue weighted by molar-refractivity contribution is -0.146. The molecule has 23 heavy (non-hydrogen) atoms. The topological polar surface area (TPSA) is 63.7 Å². The molecule has 0 bridgehead atoms. The Morgan fingerprint density at radius 1 is 1.39 bits per heavy atom. The first kappa shape index (κ1) is 17.7. The summed E-state index contributed by atoms with van der Waals surface area (Å²) in [6, 6.07) is 7.38. The second-order valence-electron chi connectivity index (χ2n) is 4.90. The molecule has 1 aromatic carbocycles. The molecule has 1 aliphatic rings. The van der Waals surface area contributed by atoms with Crippen molar-refractivity contribution in [1.29, 1.82) is 0 Å². The van der Waals surface area contributed by atoms with Crippen molar-refractivity contribution in [3.63, 3.8) is 0 Å². The molecule has 0 unspecified atom stereocenters. The molecule has 1 aromatic rings. The minimum Gasteiger partial charge on any atom is -0.464 e. The van der Waals surface area contributed by atoms with Crippen LogP contribution in [0.5, 0.6) is 0 Å². The third-order valence-electron chi connectivity index (χ3n) is 3.07. The highest BCUT2D eigenvalue weighted by atomic mass is 79.9. The first-order valence-corrected chi connectivity index (χ1v) is 8.78. The van der Waals surface area contributed by atoms with Gasteiger partial charge in [0.25, 0.3) is 11.1 Å². The first-order chi connectivity index (χ1) is 11.0. The van der Waals surface area contributed by atoms with Crippen LogP contribution in [0.25, 0.3) is 6.08 Å². The van der Waals surface area contributed by atoms with E-state index in [2.05, 4.69) is 15.9 Å².